The number of halogens is 2. The third-order valence-electron chi connectivity index (χ3n) is 30.6. The third-order valence-corrected chi connectivity index (χ3v) is 31.1. The quantitative estimate of drug-likeness (QED) is 0.0375. The number of esters is 2. The Kier molecular flexibility index (Phi) is 25.0. The zero-order chi connectivity index (χ0) is 84.0. The zero-order valence-electron chi connectivity index (χ0n) is 73.8. The molecule has 0 amide bonds. The summed E-state index contributed by atoms with van der Waals surface area (Å²) in [5, 5.41) is 0.361. The topological polar surface area (TPSA) is 145 Å². The number of ether oxygens (including phenoxy) is 4. The SMILES string of the molecule is CC(C)CCCC(C)C1CCC2C3CCC4CC(CCC=C(c5cc(Cl)c(OCc6ccc(B7OC(C)(C)C(C)(C)O7)cc6)c(C(=O)OCc6ccc(B7OC(C)(C)C(C)(C)O7)cc6)c5)c5cc(Cl)c(OCc6ccc(B7OC(C)(C)C(C)(C)O7)cc6)c(C(=O)OCc6ccc(B7OC(C)(C)C(C)(C)O7)cc6)c5)CCC4(C)C3CCC12C. The Balaban J connectivity index is 0.795. The van der Waals surface area contributed by atoms with Gasteiger partial charge in [0.25, 0.3) is 0 Å². The fraction of sp³-hybridized carbons (Fsp3) is 0.588. The van der Waals surface area contributed by atoms with E-state index in [0.717, 1.165) is 86.0 Å². The second-order valence-corrected chi connectivity index (χ2v) is 41.6. The summed E-state index contributed by atoms with van der Waals surface area (Å²) in [6, 6.07) is 38.5. The van der Waals surface area contributed by atoms with Crippen LogP contribution in [0.15, 0.2) is 127 Å². The van der Waals surface area contributed by atoms with Crippen LogP contribution in [0, 0.1) is 58.2 Å². The number of hydrogen-bond donors (Lipinski definition) is 0. The van der Waals surface area contributed by atoms with Gasteiger partial charge < -0.3 is 56.2 Å². The average Bonchev–Trinajstić information content (AvgIpc) is 1.69. The monoisotopic (exact) mass is 1630 g/mol. The maximum Gasteiger partial charge on any atom is 0.494 e. The molecule has 20 heteroatoms. The Labute approximate surface area is 710 Å². The number of fused-ring (bicyclic) bond motifs is 5. The summed E-state index contributed by atoms with van der Waals surface area (Å²) in [7, 11) is -2.24. The molecule has 9 unspecified atom stereocenters. The highest BCUT2D eigenvalue weighted by Crippen LogP contribution is 2.69. The van der Waals surface area contributed by atoms with E-state index in [9.17, 15) is 0 Å². The summed E-state index contributed by atoms with van der Waals surface area (Å²) in [6.45, 7) is 45.3. The van der Waals surface area contributed by atoms with E-state index in [1.165, 1.54) is 77.0 Å². The van der Waals surface area contributed by atoms with E-state index >= 15 is 9.59 Å². The van der Waals surface area contributed by atoms with Gasteiger partial charge in [0.05, 0.1) is 54.9 Å². The fourth-order valence-electron chi connectivity index (χ4n) is 20.4. The van der Waals surface area contributed by atoms with Gasteiger partial charge in [0.15, 0.2) is 11.5 Å². The average molecular weight is 1630 g/mol. The molecule has 4 aliphatic carbocycles. The lowest BCUT2D eigenvalue weighted by Gasteiger charge is -2.61. The van der Waals surface area contributed by atoms with Crippen LogP contribution in [0.1, 0.15) is 289 Å². The number of carbonyl (C=O) groups is 2. The van der Waals surface area contributed by atoms with Gasteiger partial charge in [-0.25, -0.2) is 9.59 Å². The van der Waals surface area contributed by atoms with Crippen LogP contribution in [-0.2, 0) is 73.1 Å². The van der Waals surface area contributed by atoms with Gasteiger partial charge in [-0.3, -0.25) is 0 Å². The number of rotatable bonds is 26. The van der Waals surface area contributed by atoms with Crippen LogP contribution in [-0.4, -0.2) is 85.2 Å². The van der Waals surface area contributed by atoms with Crippen LogP contribution >= 0.6 is 23.2 Å². The van der Waals surface area contributed by atoms with Crippen molar-refractivity contribution in [3.05, 3.63) is 182 Å². The molecule has 14 rings (SSSR count). The molecule has 0 spiro atoms. The van der Waals surface area contributed by atoms with Crippen molar-refractivity contribution in [3.8, 4) is 11.5 Å². The number of hydrogen-bond acceptors (Lipinski definition) is 14. The third kappa shape index (κ3) is 17.9. The highest BCUT2D eigenvalue weighted by Gasteiger charge is 2.62. The molecule has 6 aromatic carbocycles. The van der Waals surface area contributed by atoms with Crippen LogP contribution < -0.4 is 31.3 Å². The Morgan fingerprint density at radius 3 is 1.17 bits per heavy atom. The van der Waals surface area contributed by atoms with Gasteiger partial charge >= 0.3 is 40.4 Å². The second-order valence-electron chi connectivity index (χ2n) is 40.7. The van der Waals surface area contributed by atoms with Gasteiger partial charge in [0.2, 0.25) is 0 Å². The lowest BCUT2D eigenvalue weighted by molar-refractivity contribution is -0.121. The first-order valence-corrected chi connectivity index (χ1v) is 44.5. The molecule has 9 atom stereocenters. The Morgan fingerprint density at radius 2 is 0.795 bits per heavy atom. The highest BCUT2D eigenvalue weighted by atomic mass is 35.5. The van der Waals surface area contributed by atoms with E-state index in [4.69, 9.17) is 79.4 Å². The van der Waals surface area contributed by atoms with Crippen molar-refractivity contribution in [2.75, 3.05) is 0 Å². The summed E-state index contributed by atoms with van der Waals surface area (Å²) in [5.41, 5.74) is 5.30. The van der Waals surface area contributed by atoms with E-state index in [-0.39, 0.29) is 59.1 Å². The van der Waals surface area contributed by atoms with Crippen molar-refractivity contribution in [3.63, 3.8) is 0 Å². The molecule has 14 nitrogen and oxygen atoms in total. The summed E-state index contributed by atoms with van der Waals surface area (Å²) >= 11 is 15.3. The van der Waals surface area contributed by atoms with Crippen molar-refractivity contribution in [2.24, 2.45) is 58.2 Å². The van der Waals surface area contributed by atoms with Crippen molar-refractivity contribution in [1.29, 1.82) is 0 Å². The van der Waals surface area contributed by atoms with E-state index in [1.807, 2.05) is 220 Å². The summed E-state index contributed by atoms with van der Waals surface area (Å²) < 4.78 is 77.4. The predicted molar refractivity (Wildman–Crippen MR) is 471 cm³/mol. The standard InChI is InChI=1S/C97H128B4Cl2O14/c1-61(2)24-22-25-62(3)79-46-47-80-76-45-36-70-52-63(48-50-96(70,20)81(76)49-51-97(79,80)21)26-23-27-75(68-53-77(86(104)108-59-66-32-41-73(42-33-66)100-114-92(12,13)93(14,15)115-100)84(82(102)55-68)106-57-64-28-37-71(38-29-64)98-110-88(4,5)89(6,7)111-98)69-54-78(87(105)109-60-67-34-43-74(44-35-67)101-116-94(16,17)95(18,19)117-101)85(83(103)56-69)107-58-65-30-39-72(40-31-65)99-112-90(8,9)91(10,11)113-99/h27-35,37-44,53-56,61-63,70,76,79-81H,22-26,36,45-52,57-60H2,1-21H3. The molecule has 6 aromatic rings. The molecule has 8 fully saturated rings. The van der Waals surface area contributed by atoms with Crippen molar-refractivity contribution in [2.45, 2.75) is 307 Å². The van der Waals surface area contributed by atoms with E-state index in [2.05, 4.69) is 40.7 Å². The van der Waals surface area contributed by atoms with Crippen molar-refractivity contribution < 1.29 is 65.8 Å². The number of carbonyl (C=O) groups excluding carboxylic acids is 2. The smallest absolute Gasteiger partial charge is 0.486 e. The number of allylic oxidation sites excluding steroid dienone is 1. The Bertz CT molecular complexity index is 4300. The first kappa shape index (κ1) is 87.5. The maximum absolute atomic E-state index is 15.4. The highest BCUT2D eigenvalue weighted by molar-refractivity contribution is 6.63. The van der Waals surface area contributed by atoms with E-state index in [1.54, 1.807) is 12.1 Å². The van der Waals surface area contributed by atoms with Crippen LogP contribution in [0.2, 0.25) is 10.0 Å². The molecule has 4 saturated heterocycles. The molecule has 8 aliphatic rings. The van der Waals surface area contributed by atoms with Crippen LogP contribution in [0.25, 0.3) is 5.57 Å². The second kappa shape index (κ2) is 33.4. The van der Waals surface area contributed by atoms with Gasteiger partial charge in [-0.05, 0) is 325 Å². The molecule has 4 aliphatic heterocycles. The molecule has 4 saturated carbocycles. The van der Waals surface area contributed by atoms with Gasteiger partial charge in [-0.15, -0.1) is 0 Å². The molecule has 0 bridgehead atoms. The minimum absolute atomic E-state index is 0.0597. The predicted octanol–water partition coefficient (Wildman–Crippen LogP) is 21.0. The van der Waals surface area contributed by atoms with Gasteiger partial charge in [0, 0.05) is 0 Å². The fourth-order valence-corrected chi connectivity index (χ4v) is 20.9. The van der Waals surface area contributed by atoms with Crippen molar-refractivity contribution >= 4 is 91.0 Å². The number of benzene rings is 6. The molecule has 0 radical (unpaired) electrons. The lowest BCUT2D eigenvalue weighted by atomic mass is 9.44. The first-order chi connectivity index (χ1) is 55.0. The molecule has 0 N–H and O–H groups in total. The summed E-state index contributed by atoms with van der Waals surface area (Å²) in [6.07, 6.45) is 19.7. The maximum atomic E-state index is 15.4. The van der Waals surface area contributed by atoms with Gasteiger partial charge in [-0.2, -0.15) is 0 Å². The minimum atomic E-state index is -0.653. The zero-order valence-corrected chi connectivity index (χ0v) is 75.3. The lowest BCUT2D eigenvalue weighted by Crippen LogP contribution is -2.53. The summed E-state index contributed by atoms with van der Waals surface area (Å²) in [5.74, 6) is 4.96. The molecular formula is C97H128B4Cl2O14. The van der Waals surface area contributed by atoms with Crippen LogP contribution in [0.4, 0.5) is 0 Å². The van der Waals surface area contributed by atoms with E-state index in [0.29, 0.717) is 45.8 Å². The van der Waals surface area contributed by atoms with Crippen LogP contribution in [0.3, 0.4) is 0 Å². The normalized spacial score (nSPS) is 27.0. The Hall–Kier alpha value is -5.88. The minimum Gasteiger partial charge on any atom is -0.486 e. The van der Waals surface area contributed by atoms with Gasteiger partial charge in [0.1, 0.15) is 37.6 Å². The molecule has 626 valence electrons. The summed E-state index contributed by atoms with van der Waals surface area (Å²) in [4.78, 5) is 30.7. The largest absolute Gasteiger partial charge is 0.494 e. The van der Waals surface area contributed by atoms with Crippen LogP contribution in [0.5, 0.6) is 11.5 Å². The molecule has 117 heavy (non-hydrogen) atoms. The van der Waals surface area contributed by atoms with Gasteiger partial charge in [-0.1, -0.05) is 180 Å². The van der Waals surface area contributed by atoms with Crippen molar-refractivity contribution in [1.82, 2.24) is 0 Å². The molecule has 0 aromatic heterocycles. The molecule has 4 heterocycles. The Morgan fingerprint density at radius 1 is 0.436 bits per heavy atom. The van der Waals surface area contributed by atoms with E-state index < -0.39 is 85.2 Å². The first-order valence-electron chi connectivity index (χ1n) is 43.7. The molecular weight excluding hydrogens is 1500 g/mol.